The van der Waals surface area contributed by atoms with Gasteiger partial charge in [0.25, 0.3) is 0 Å². The van der Waals surface area contributed by atoms with Crippen LogP contribution in [0.3, 0.4) is 0 Å². The van der Waals surface area contributed by atoms with Crippen LogP contribution in [0.4, 0.5) is 0 Å². The molecule has 1 aliphatic carbocycles. The Morgan fingerprint density at radius 2 is 1.22 bits per heavy atom. The van der Waals surface area contributed by atoms with E-state index in [9.17, 15) is 56.2 Å². The fraction of sp³-hybridized carbons (Fsp3) is 0.926. The van der Waals surface area contributed by atoms with Gasteiger partial charge < -0.3 is 113 Å². The van der Waals surface area contributed by atoms with E-state index in [0.717, 1.165) is 0 Å². The van der Waals surface area contributed by atoms with E-state index in [1.165, 1.54) is 14.0 Å². The molecular weight excluding hydrogens is 694 g/mol. The Bertz CT molecular complexity index is 1200. The lowest BCUT2D eigenvalue weighted by Crippen LogP contribution is -2.68. The zero-order valence-corrected chi connectivity index (χ0v) is 27.7. The minimum absolute atomic E-state index is 0.529. The van der Waals surface area contributed by atoms with E-state index in [4.69, 9.17) is 51.4 Å². The molecule has 4 rings (SSSR count). The van der Waals surface area contributed by atoms with Crippen molar-refractivity contribution >= 4 is 11.9 Å². The first-order valence-corrected chi connectivity index (χ1v) is 16.0. The van der Waals surface area contributed by atoms with Crippen molar-refractivity contribution < 1.29 is 84.6 Å². The van der Waals surface area contributed by atoms with Gasteiger partial charge in [-0.25, -0.2) is 9.98 Å². The van der Waals surface area contributed by atoms with E-state index in [1.807, 2.05) is 0 Å². The zero-order chi connectivity index (χ0) is 38.1. The molecule has 24 heteroatoms. The van der Waals surface area contributed by atoms with Crippen molar-refractivity contribution in [2.45, 2.75) is 129 Å². The van der Waals surface area contributed by atoms with Crippen molar-refractivity contribution in [3.05, 3.63) is 0 Å². The third kappa shape index (κ3) is 8.17. The first-order chi connectivity index (χ1) is 23.9. The molecule has 0 radical (unpaired) electrons. The summed E-state index contributed by atoms with van der Waals surface area (Å²) in [7, 11) is 1.38. The van der Waals surface area contributed by atoms with Gasteiger partial charge in [0.2, 0.25) is 0 Å². The molecule has 4 aliphatic rings. The van der Waals surface area contributed by atoms with E-state index in [1.54, 1.807) is 0 Å². The smallest absolute Gasteiger partial charge is 0.187 e. The number of hydrogen-bond donors (Lipinski definition) is 16. The van der Waals surface area contributed by atoms with Crippen molar-refractivity contribution in [3.63, 3.8) is 0 Å². The van der Waals surface area contributed by atoms with E-state index < -0.39 is 154 Å². The number of guanidine groups is 2. The van der Waals surface area contributed by atoms with Crippen molar-refractivity contribution in [2.75, 3.05) is 26.9 Å². The molecule has 51 heavy (non-hydrogen) atoms. The van der Waals surface area contributed by atoms with Gasteiger partial charge >= 0.3 is 0 Å². The normalized spacial score (nSPS) is 49.0. The molecule has 24 nitrogen and oxygen atoms in total. The van der Waals surface area contributed by atoms with Gasteiger partial charge in [-0.05, 0) is 14.0 Å². The Morgan fingerprint density at radius 3 is 1.76 bits per heavy atom. The summed E-state index contributed by atoms with van der Waals surface area (Å²) in [5.74, 6) is -1.09. The van der Waals surface area contributed by atoms with Gasteiger partial charge in [0, 0.05) is 0 Å². The summed E-state index contributed by atoms with van der Waals surface area (Å²) in [6, 6.07) is -4.33. The highest BCUT2D eigenvalue weighted by molar-refractivity contribution is 5.76. The van der Waals surface area contributed by atoms with E-state index in [2.05, 4.69) is 15.3 Å². The minimum Gasteiger partial charge on any atom is -0.394 e. The molecule has 0 amide bonds. The number of aliphatic hydroxyl groups is 11. The number of nitrogens with zero attached hydrogens (tertiary/aromatic N) is 2. The maximum absolute atomic E-state index is 11.5. The van der Waals surface area contributed by atoms with Crippen LogP contribution in [-0.2, 0) is 28.4 Å². The number of nitrogens with two attached hydrogens (primary N) is 4. The first kappa shape index (κ1) is 41.6. The van der Waals surface area contributed by atoms with Crippen LogP contribution in [0, 0.1) is 0 Å². The Labute approximate surface area is 290 Å². The number of rotatable bonds is 12. The summed E-state index contributed by atoms with van der Waals surface area (Å²) >= 11 is 0. The Hall–Kier alpha value is -2.18. The number of hydrogen-bond acceptors (Lipinski definition) is 20. The van der Waals surface area contributed by atoms with Gasteiger partial charge in [0.1, 0.15) is 90.9 Å². The number of likely N-dealkylation sites (N-methyl/N-ethyl adjacent to an activating group) is 1. The number of nitrogens with one attached hydrogen (secondary N) is 1. The molecule has 20 N–H and O–H groups in total. The van der Waals surface area contributed by atoms with Crippen molar-refractivity contribution in [2.24, 2.45) is 32.9 Å². The van der Waals surface area contributed by atoms with Crippen LogP contribution in [0.25, 0.3) is 0 Å². The third-order valence-corrected chi connectivity index (χ3v) is 9.60. The molecule has 0 aromatic rings. The second-order valence-electron chi connectivity index (χ2n) is 12.8. The average molecular weight is 746 g/mol. The largest absolute Gasteiger partial charge is 0.394 e. The van der Waals surface area contributed by atoms with Gasteiger partial charge in [-0.3, -0.25) is 0 Å². The van der Waals surface area contributed by atoms with Crippen LogP contribution in [0.2, 0.25) is 0 Å². The lowest BCUT2D eigenvalue weighted by atomic mass is 9.81. The lowest BCUT2D eigenvalue weighted by Gasteiger charge is -2.48. The average Bonchev–Trinajstić information content (AvgIpc) is 3.32. The summed E-state index contributed by atoms with van der Waals surface area (Å²) in [5, 5.41) is 119. The van der Waals surface area contributed by atoms with Gasteiger partial charge in [-0.15, -0.1) is 0 Å². The van der Waals surface area contributed by atoms with Crippen molar-refractivity contribution in [3.8, 4) is 0 Å². The Kier molecular flexibility index (Phi) is 13.8. The van der Waals surface area contributed by atoms with Crippen LogP contribution in [0.1, 0.15) is 6.92 Å². The maximum atomic E-state index is 11.5. The Morgan fingerprint density at radius 1 is 0.647 bits per heavy atom. The van der Waals surface area contributed by atoms with Gasteiger partial charge in [-0.1, -0.05) is 0 Å². The third-order valence-electron chi connectivity index (χ3n) is 9.60. The molecule has 3 aliphatic heterocycles. The topological polar surface area (TPSA) is 419 Å². The first-order valence-electron chi connectivity index (χ1n) is 16.0. The molecule has 20 atom stereocenters. The highest BCUT2D eigenvalue weighted by atomic mass is 16.8. The van der Waals surface area contributed by atoms with Crippen molar-refractivity contribution in [1.82, 2.24) is 5.32 Å². The summed E-state index contributed by atoms with van der Waals surface area (Å²) in [4.78, 5) is 7.68. The summed E-state index contributed by atoms with van der Waals surface area (Å²) in [5.41, 5.74) is 19.7. The second kappa shape index (κ2) is 16.9. The van der Waals surface area contributed by atoms with Gasteiger partial charge in [0.15, 0.2) is 30.8 Å². The van der Waals surface area contributed by atoms with Crippen molar-refractivity contribution in [1.29, 1.82) is 0 Å². The van der Waals surface area contributed by atoms with E-state index in [-0.39, 0.29) is 0 Å². The molecule has 1 saturated carbocycles. The fourth-order valence-corrected chi connectivity index (χ4v) is 6.66. The molecule has 4 fully saturated rings. The van der Waals surface area contributed by atoms with Crippen LogP contribution in [0.15, 0.2) is 9.98 Å². The predicted molar refractivity (Wildman–Crippen MR) is 167 cm³/mol. The molecule has 296 valence electrons. The maximum Gasteiger partial charge on any atom is 0.187 e. The SMILES string of the molecule is CN[C@@H]1[C@H](O[C@H]2[C@H](O[C@H]3[C@H](O)[C@@H](O)[C@H](N=C(N)N)[C@@H](O)[C@@H]3N=C(N)N)O[C@@H](C)[C@]2(O)CO)O[C@@H](CO)[C@H](O[C@@H]2O[C@H](CO)[C@@H](O)[C@H](O)[C@@H]2O)[C@H]1O. The standard InChI is InChI=1S/C27H51N7O17/c1-6-27(45,5-37)21(24(46-6)50-20-10(34-26(30)31)13(39)9(33-25(28)29)14(40)17(20)43)51-22-11(32-2)15(41)19(8(4-36)48-22)49-23-18(44)16(42)12(38)7(3-35)47-23/h6-24,32,35-45H,3-5H2,1-2H3,(H4,28,29,33)(H4,30,31,34)/t6-,7+,8-,9+,10-,11-,12+,13+,14-,15-,16-,17+,18-,19-,20+,21-,22-,23-,24-,27+/m0/s1. The highest BCUT2D eigenvalue weighted by Gasteiger charge is 2.61. The van der Waals surface area contributed by atoms with Gasteiger partial charge in [0.05, 0.1) is 32.0 Å². The van der Waals surface area contributed by atoms with E-state index >= 15 is 0 Å². The minimum atomic E-state index is -2.26. The molecule has 0 spiro atoms. The monoisotopic (exact) mass is 745 g/mol. The van der Waals surface area contributed by atoms with Crippen LogP contribution >= 0.6 is 0 Å². The highest BCUT2D eigenvalue weighted by Crippen LogP contribution is 2.40. The molecular formula is C27H51N7O17. The molecule has 3 saturated heterocycles. The van der Waals surface area contributed by atoms with E-state index in [0.29, 0.717) is 0 Å². The van der Waals surface area contributed by atoms with Crippen LogP contribution < -0.4 is 28.3 Å². The molecule has 0 aromatic carbocycles. The fourth-order valence-electron chi connectivity index (χ4n) is 6.66. The quantitative estimate of drug-likeness (QED) is 0.0651. The second-order valence-corrected chi connectivity index (χ2v) is 12.8. The summed E-state index contributed by atoms with van der Waals surface area (Å²) < 4.78 is 34.8. The number of ether oxygens (including phenoxy) is 6. The predicted octanol–water partition coefficient (Wildman–Crippen LogP) is -10.5. The molecule has 0 bridgehead atoms. The zero-order valence-electron chi connectivity index (χ0n) is 27.7. The molecule has 3 heterocycles. The van der Waals surface area contributed by atoms with Crippen LogP contribution in [0.5, 0.6) is 0 Å². The lowest BCUT2D eigenvalue weighted by molar-refractivity contribution is -0.358. The Balaban J connectivity index is 1.61. The number of aliphatic imine (C=N–C) groups is 2. The summed E-state index contributed by atoms with van der Waals surface area (Å²) in [6.07, 6.45) is -26.5. The summed E-state index contributed by atoms with van der Waals surface area (Å²) in [6.45, 7) is -1.23. The molecule has 0 unspecified atom stereocenters. The van der Waals surface area contributed by atoms with Gasteiger partial charge in [-0.2, -0.15) is 0 Å². The van der Waals surface area contributed by atoms with Crippen LogP contribution in [-0.4, -0.2) is 217 Å². The number of aliphatic hydroxyl groups excluding tert-OH is 10. The molecule has 0 aromatic heterocycles.